The maximum atomic E-state index is 12.7. The average Bonchev–Trinajstić information content (AvgIpc) is 2.85. The first kappa shape index (κ1) is 17.1. The van der Waals surface area contributed by atoms with Crippen LogP contribution >= 0.6 is 0 Å². The number of carbonyl (C=O) groups is 2. The average molecular weight is 345 g/mol. The van der Waals surface area contributed by atoms with Crippen molar-refractivity contribution in [2.75, 3.05) is 0 Å². The molecule has 0 radical (unpaired) electrons. The van der Waals surface area contributed by atoms with Gasteiger partial charge in [-0.2, -0.15) is 5.10 Å². The summed E-state index contributed by atoms with van der Waals surface area (Å²) < 4.78 is 5.47. The Balaban J connectivity index is 1.77. The third-order valence-electron chi connectivity index (χ3n) is 5.91. The van der Waals surface area contributed by atoms with Gasteiger partial charge in [0.05, 0.1) is 16.6 Å². The highest BCUT2D eigenvalue weighted by Crippen LogP contribution is 2.65. The molecule has 2 atom stereocenters. The Bertz CT molecular complexity index is 803. The third-order valence-corrected chi connectivity index (χ3v) is 5.91. The minimum Gasteiger partial charge on any atom is -0.448 e. The van der Waals surface area contributed by atoms with Crippen molar-refractivity contribution in [3.8, 4) is 0 Å². The van der Waals surface area contributed by atoms with Gasteiger partial charge in [-0.15, -0.1) is 0 Å². The van der Waals surface area contributed by atoms with Gasteiger partial charge in [-0.1, -0.05) is 26.0 Å². The van der Waals surface area contributed by atoms with Crippen LogP contribution in [0.4, 0.5) is 5.69 Å². The molecule has 1 heterocycles. The lowest BCUT2D eigenvalue weighted by Crippen LogP contribution is -2.52. The second-order valence-electron chi connectivity index (χ2n) is 7.22. The highest BCUT2D eigenvalue weighted by atomic mass is 16.6. The molecule has 3 rings (SSSR count). The van der Waals surface area contributed by atoms with Crippen LogP contribution in [0.3, 0.4) is 0 Å². The van der Waals surface area contributed by atoms with Crippen LogP contribution in [0.15, 0.2) is 29.4 Å². The lowest BCUT2D eigenvalue weighted by molar-refractivity contribution is -0.384. The van der Waals surface area contributed by atoms with E-state index in [0.29, 0.717) is 18.4 Å². The smallest absolute Gasteiger partial charge is 0.313 e. The van der Waals surface area contributed by atoms with Crippen LogP contribution in [0, 0.1) is 20.9 Å². The Morgan fingerprint density at radius 1 is 1.36 bits per heavy atom. The summed E-state index contributed by atoms with van der Waals surface area (Å²) in [4.78, 5) is 35.1. The van der Waals surface area contributed by atoms with E-state index in [1.54, 1.807) is 6.07 Å². The molecule has 0 aromatic heterocycles. The number of esters is 1. The third kappa shape index (κ3) is 2.24. The van der Waals surface area contributed by atoms with E-state index in [2.05, 4.69) is 10.5 Å². The molecule has 2 aliphatic rings. The number of fused-ring (bicyclic) bond motifs is 2. The normalized spacial score (nSPS) is 29.6. The number of ether oxygens (including phenoxy) is 1. The summed E-state index contributed by atoms with van der Waals surface area (Å²) in [5.41, 5.74) is 0.257. The van der Waals surface area contributed by atoms with Crippen molar-refractivity contribution in [3.63, 3.8) is 0 Å². The number of carbonyl (C=O) groups excluding carboxylic acids is 2. The van der Waals surface area contributed by atoms with Crippen molar-refractivity contribution >= 4 is 23.8 Å². The Labute approximate surface area is 144 Å². The standard InChI is InChI=1S/C17H19N3O5/c1-15(2)16(3)7-8-17(15,25-14(16)22)13(21)19-18-10-11-5-4-6-12(9-11)20(23)24/h4-6,9-10H,7-8H2,1-3H3,(H,19,21). The van der Waals surface area contributed by atoms with E-state index in [9.17, 15) is 19.7 Å². The number of rotatable bonds is 4. The molecule has 0 spiro atoms. The van der Waals surface area contributed by atoms with Crippen LogP contribution in [-0.2, 0) is 14.3 Å². The number of nitrogens with one attached hydrogen (secondary N) is 1. The number of nitro benzene ring substituents is 1. The number of hydrogen-bond donors (Lipinski definition) is 1. The SMILES string of the molecule is CC12CCC(C(=O)NN=Cc3cccc([N+](=O)[O-])c3)(OC1=O)C2(C)C. The minimum absolute atomic E-state index is 0.0636. The molecule has 1 aromatic carbocycles. The molecule has 2 fully saturated rings. The van der Waals surface area contributed by atoms with E-state index in [1.165, 1.54) is 24.4 Å². The highest BCUT2D eigenvalue weighted by molar-refractivity contribution is 5.96. The molecule has 8 heteroatoms. The largest absolute Gasteiger partial charge is 0.448 e. The van der Waals surface area contributed by atoms with Gasteiger partial charge in [0.2, 0.25) is 0 Å². The molecule has 2 unspecified atom stereocenters. The Hall–Kier alpha value is -2.77. The number of nitrogens with zero attached hydrogens (tertiary/aromatic N) is 2. The molecule has 1 N–H and O–H groups in total. The van der Waals surface area contributed by atoms with E-state index < -0.39 is 27.3 Å². The molecule has 8 nitrogen and oxygen atoms in total. The number of nitro groups is 1. The van der Waals surface area contributed by atoms with Crippen molar-refractivity contribution in [2.45, 2.75) is 39.2 Å². The fraction of sp³-hybridized carbons (Fsp3) is 0.471. The first-order valence-corrected chi connectivity index (χ1v) is 7.95. The Kier molecular flexibility index (Phi) is 3.66. The van der Waals surface area contributed by atoms with Crippen LogP contribution in [0.25, 0.3) is 0 Å². The van der Waals surface area contributed by atoms with E-state index >= 15 is 0 Å². The maximum absolute atomic E-state index is 12.7. The van der Waals surface area contributed by atoms with Crippen LogP contribution in [0.1, 0.15) is 39.2 Å². The number of hydrazone groups is 1. The second-order valence-corrected chi connectivity index (χ2v) is 7.22. The van der Waals surface area contributed by atoms with Gasteiger partial charge in [0.1, 0.15) is 0 Å². The molecule has 1 amide bonds. The van der Waals surface area contributed by atoms with Crippen molar-refractivity contribution in [3.05, 3.63) is 39.9 Å². The van der Waals surface area contributed by atoms with Crippen LogP contribution in [0.2, 0.25) is 0 Å². The number of hydrogen-bond acceptors (Lipinski definition) is 6. The Morgan fingerprint density at radius 2 is 2.08 bits per heavy atom. The molecule has 2 bridgehead atoms. The van der Waals surface area contributed by atoms with E-state index in [1.807, 2.05) is 20.8 Å². The molecule has 1 saturated heterocycles. The molecule has 1 aromatic rings. The molecule has 1 aliphatic carbocycles. The van der Waals surface area contributed by atoms with E-state index in [-0.39, 0.29) is 11.7 Å². The monoisotopic (exact) mass is 345 g/mol. The molecular weight excluding hydrogens is 326 g/mol. The van der Waals surface area contributed by atoms with Crippen molar-refractivity contribution in [1.29, 1.82) is 0 Å². The molecule has 1 aliphatic heterocycles. The zero-order valence-electron chi connectivity index (χ0n) is 14.2. The first-order chi connectivity index (χ1) is 11.6. The van der Waals surface area contributed by atoms with E-state index in [4.69, 9.17) is 4.74 Å². The van der Waals surface area contributed by atoms with Gasteiger partial charge < -0.3 is 4.74 Å². The highest BCUT2D eigenvalue weighted by Gasteiger charge is 2.75. The summed E-state index contributed by atoms with van der Waals surface area (Å²) in [6.07, 6.45) is 2.35. The molecule has 1 saturated carbocycles. The van der Waals surface area contributed by atoms with Crippen LogP contribution < -0.4 is 5.43 Å². The van der Waals surface area contributed by atoms with Crippen molar-refractivity contribution in [2.24, 2.45) is 15.9 Å². The zero-order chi connectivity index (χ0) is 18.5. The number of non-ortho nitro benzene ring substituents is 1. The summed E-state index contributed by atoms with van der Waals surface area (Å²) in [6.45, 7) is 5.53. The summed E-state index contributed by atoms with van der Waals surface area (Å²) in [6, 6.07) is 5.88. The summed E-state index contributed by atoms with van der Waals surface area (Å²) >= 11 is 0. The van der Waals surface area contributed by atoms with Gasteiger partial charge in [-0.05, 0) is 19.8 Å². The number of benzene rings is 1. The van der Waals surface area contributed by atoms with Crippen LogP contribution in [-0.4, -0.2) is 28.6 Å². The van der Waals surface area contributed by atoms with Gasteiger partial charge in [0.25, 0.3) is 11.6 Å². The fourth-order valence-corrected chi connectivity index (χ4v) is 3.72. The topological polar surface area (TPSA) is 111 Å². The predicted octanol–water partition coefficient (Wildman–Crippen LogP) is 2.17. The Morgan fingerprint density at radius 3 is 2.64 bits per heavy atom. The van der Waals surface area contributed by atoms with E-state index in [0.717, 1.165) is 0 Å². The van der Waals surface area contributed by atoms with Crippen molar-refractivity contribution < 1.29 is 19.2 Å². The second kappa shape index (κ2) is 5.37. The molecule has 25 heavy (non-hydrogen) atoms. The maximum Gasteiger partial charge on any atom is 0.313 e. The molecular formula is C17H19N3O5. The summed E-state index contributed by atoms with van der Waals surface area (Å²) in [7, 11) is 0. The van der Waals surface area contributed by atoms with Crippen LogP contribution in [0.5, 0.6) is 0 Å². The van der Waals surface area contributed by atoms with Gasteiger partial charge in [0, 0.05) is 23.1 Å². The first-order valence-electron chi connectivity index (χ1n) is 7.95. The van der Waals surface area contributed by atoms with Crippen molar-refractivity contribution in [1.82, 2.24) is 5.43 Å². The summed E-state index contributed by atoms with van der Waals surface area (Å²) in [5, 5.41) is 14.6. The summed E-state index contributed by atoms with van der Waals surface area (Å²) in [5.74, 6) is -0.838. The van der Waals surface area contributed by atoms with Gasteiger partial charge in [-0.25, -0.2) is 5.43 Å². The zero-order valence-corrected chi connectivity index (χ0v) is 14.2. The van der Waals surface area contributed by atoms with Gasteiger partial charge in [0.15, 0.2) is 5.60 Å². The fourth-order valence-electron chi connectivity index (χ4n) is 3.72. The number of amides is 1. The lowest BCUT2D eigenvalue weighted by Gasteiger charge is -2.34. The quantitative estimate of drug-likeness (QED) is 0.389. The predicted molar refractivity (Wildman–Crippen MR) is 88.8 cm³/mol. The lowest BCUT2D eigenvalue weighted by atomic mass is 9.66. The van der Waals surface area contributed by atoms with Gasteiger partial charge in [-0.3, -0.25) is 19.7 Å². The van der Waals surface area contributed by atoms with Gasteiger partial charge >= 0.3 is 5.97 Å². The molecule has 132 valence electrons. The minimum atomic E-state index is -1.24.